The van der Waals surface area contributed by atoms with Crippen molar-refractivity contribution in [1.29, 1.82) is 0 Å². The van der Waals surface area contributed by atoms with Crippen molar-refractivity contribution in [2.45, 2.75) is 46.0 Å². The van der Waals surface area contributed by atoms with E-state index in [2.05, 4.69) is 34.6 Å². The fourth-order valence-corrected chi connectivity index (χ4v) is 4.36. The van der Waals surface area contributed by atoms with E-state index in [-0.39, 0.29) is 5.82 Å². The molecule has 6 heteroatoms. The van der Waals surface area contributed by atoms with Gasteiger partial charge in [0, 0.05) is 43.8 Å². The van der Waals surface area contributed by atoms with Gasteiger partial charge in [-0.1, -0.05) is 25.1 Å². The number of benzene rings is 1. The molecule has 0 aliphatic carbocycles. The number of allylic oxidation sites excluding steroid dienone is 2. The monoisotopic (exact) mass is 449 g/mol. The van der Waals surface area contributed by atoms with Crippen LogP contribution >= 0.6 is 0 Å². The van der Waals surface area contributed by atoms with Crippen molar-refractivity contribution >= 4 is 5.65 Å². The maximum Gasteiger partial charge on any atom is 0.136 e. The Labute approximate surface area is 196 Å². The average molecular weight is 450 g/mol. The van der Waals surface area contributed by atoms with E-state index in [0.717, 1.165) is 65.0 Å². The van der Waals surface area contributed by atoms with Gasteiger partial charge in [0.05, 0.1) is 0 Å². The molecule has 1 aromatic carbocycles. The number of halogens is 1. The zero-order chi connectivity index (χ0) is 23.8. The highest BCUT2D eigenvalue weighted by Gasteiger charge is 2.14. The molecule has 3 aromatic rings. The summed E-state index contributed by atoms with van der Waals surface area (Å²) in [5.41, 5.74) is 19.9. The highest BCUT2D eigenvalue weighted by Crippen LogP contribution is 2.29. The Balaban J connectivity index is 1.90. The van der Waals surface area contributed by atoms with Crippen LogP contribution < -0.4 is 16.8 Å². The predicted octanol–water partition coefficient (Wildman–Crippen LogP) is 4.75. The summed E-state index contributed by atoms with van der Waals surface area (Å²) in [5, 5.41) is 3.26. The van der Waals surface area contributed by atoms with E-state index in [1.165, 1.54) is 5.57 Å². The fraction of sp³-hybridized carbons (Fsp3) is 0.370. The molecule has 5 N–H and O–H groups in total. The van der Waals surface area contributed by atoms with E-state index in [1.54, 1.807) is 12.1 Å². The lowest BCUT2D eigenvalue weighted by Crippen LogP contribution is -2.13. The number of fused-ring (bicyclic) bond motifs is 1. The van der Waals surface area contributed by atoms with E-state index in [4.69, 9.17) is 11.5 Å². The Morgan fingerprint density at radius 3 is 2.70 bits per heavy atom. The third-order valence-electron chi connectivity index (χ3n) is 6.15. The lowest BCUT2D eigenvalue weighted by molar-refractivity contribution is 0.604. The van der Waals surface area contributed by atoms with E-state index >= 15 is 0 Å². The number of aromatic nitrogens is 2. The number of hydrogen-bond donors (Lipinski definition) is 3. The first-order chi connectivity index (χ1) is 16.0. The van der Waals surface area contributed by atoms with Crippen molar-refractivity contribution in [2.24, 2.45) is 11.5 Å². The van der Waals surface area contributed by atoms with Gasteiger partial charge in [-0.2, -0.15) is 0 Å². The normalized spacial score (nSPS) is 12.8. The molecule has 33 heavy (non-hydrogen) atoms. The molecule has 2 aromatic heterocycles. The van der Waals surface area contributed by atoms with Gasteiger partial charge in [0.2, 0.25) is 0 Å². The Morgan fingerprint density at radius 2 is 2.00 bits per heavy atom. The zero-order valence-electron chi connectivity index (χ0n) is 20.0. The highest BCUT2D eigenvalue weighted by molar-refractivity contribution is 5.68. The molecule has 0 bridgehead atoms. The van der Waals surface area contributed by atoms with Crippen molar-refractivity contribution in [2.75, 3.05) is 20.1 Å². The summed E-state index contributed by atoms with van der Waals surface area (Å²) in [7, 11) is 1.93. The molecule has 3 rings (SSSR count). The summed E-state index contributed by atoms with van der Waals surface area (Å²) >= 11 is 0. The first-order valence-electron chi connectivity index (χ1n) is 11.7. The van der Waals surface area contributed by atoms with Gasteiger partial charge in [-0.3, -0.25) is 0 Å². The number of imidazole rings is 1. The molecule has 0 atom stereocenters. The summed E-state index contributed by atoms with van der Waals surface area (Å²) < 4.78 is 17.0. The second kappa shape index (κ2) is 11.8. The van der Waals surface area contributed by atoms with Crippen molar-refractivity contribution in [3.8, 4) is 11.1 Å². The van der Waals surface area contributed by atoms with Crippen molar-refractivity contribution in [3.63, 3.8) is 0 Å². The molecular weight excluding hydrogens is 413 g/mol. The lowest BCUT2D eigenvalue weighted by atomic mass is 9.93. The van der Waals surface area contributed by atoms with Crippen LogP contribution in [0.5, 0.6) is 0 Å². The largest absolute Gasteiger partial charge is 0.391 e. The van der Waals surface area contributed by atoms with Crippen LogP contribution in [-0.2, 0) is 12.8 Å². The number of nitrogens with one attached hydrogen (secondary N) is 1. The second-order valence-electron chi connectivity index (χ2n) is 8.25. The van der Waals surface area contributed by atoms with Crippen LogP contribution in [0.4, 0.5) is 4.39 Å². The zero-order valence-corrected chi connectivity index (χ0v) is 20.0. The van der Waals surface area contributed by atoms with E-state index in [0.29, 0.717) is 19.5 Å². The van der Waals surface area contributed by atoms with Crippen LogP contribution in [0.15, 0.2) is 65.6 Å². The SMILES string of the molecule is CC/C=C(CN)\C(CCCc1c(F)cccc1-c1ccc2ncc(CCN)n2c1)=C(\C)NC. The number of hydrogen-bond acceptors (Lipinski definition) is 4. The van der Waals surface area contributed by atoms with Crippen LogP contribution in [-0.4, -0.2) is 29.5 Å². The number of nitrogens with two attached hydrogens (primary N) is 2. The topological polar surface area (TPSA) is 81.4 Å². The van der Waals surface area contributed by atoms with Gasteiger partial charge in [0.1, 0.15) is 11.5 Å². The van der Waals surface area contributed by atoms with Gasteiger partial charge in [-0.15, -0.1) is 0 Å². The van der Waals surface area contributed by atoms with Crippen molar-refractivity contribution in [1.82, 2.24) is 14.7 Å². The molecule has 0 saturated carbocycles. The minimum atomic E-state index is -0.167. The highest BCUT2D eigenvalue weighted by atomic mass is 19.1. The molecule has 0 unspecified atom stereocenters. The molecule has 0 radical (unpaired) electrons. The van der Waals surface area contributed by atoms with Gasteiger partial charge in [-0.05, 0) is 85.2 Å². The summed E-state index contributed by atoms with van der Waals surface area (Å²) in [6.07, 6.45) is 10.1. The predicted molar refractivity (Wildman–Crippen MR) is 135 cm³/mol. The van der Waals surface area contributed by atoms with Crippen molar-refractivity contribution < 1.29 is 4.39 Å². The Bertz CT molecular complexity index is 1140. The smallest absolute Gasteiger partial charge is 0.136 e. The minimum absolute atomic E-state index is 0.167. The molecule has 0 amide bonds. The van der Waals surface area contributed by atoms with Gasteiger partial charge in [-0.25, -0.2) is 9.37 Å². The van der Waals surface area contributed by atoms with Crippen LogP contribution in [0.2, 0.25) is 0 Å². The van der Waals surface area contributed by atoms with E-state index in [1.807, 2.05) is 37.6 Å². The molecule has 0 fully saturated rings. The lowest BCUT2D eigenvalue weighted by Gasteiger charge is -2.16. The minimum Gasteiger partial charge on any atom is -0.391 e. The maximum absolute atomic E-state index is 15.0. The molecule has 176 valence electrons. The fourth-order valence-electron chi connectivity index (χ4n) is 4.36. The molecule has 0 aliphatic heterocycles. The standard InChI is InChI=1S/C27H36FN5/c1-4-7-20(16-30)23(19(2)31-3)8-5-10-25-24(9-6-11-26(25)28)21-12-13-27-32-17-22(14-15-29)33(27)18-21/h6-7,9,11-13,17-18,31H,4-5,8,10,14-16,29-30H2,1-3H3/b20-7-,23-19-. The van der Waals surface area contributed by atoms with Gasteiger partial charge in [0.25, 0.3) is 0 Å². The molecule has 2 heterocycles. The Kier molecular flexibility index (Phi) is 8.80. The van der Waals surface area contributed by atoms with Crippen molar-refractivity contribution in [3.05, 3.63) is 82.7 Å². The Morgan fingerprint density at radius 1 is 1.18 bits per heavy atom. The summed E-state index contributed by atoms with van der Waals surface area (Å²) in [6.45, 7) is 5.25. The molecule has 5 nitrogen and oxygen atoms in total. The number of rotatable bonds is 11. The maximum atomic E-state index is 15.0. The van der Waals surface area contributed by atoms with Crippen LogP contribution in [0.3, 0.4) is 0 Å². The van der Waals surface area contributed by atoms with E-state index < -0.39 is 0 Å². The van der Waals surface area contributed by atoms with Crippen LogP contribution in [0.25, 0.3) is 16.8 Å². The third kappa shape index (κ3) is 5.70. The van der Waals surface area contributed by atoms with E-state index in [9.17, 15) is 4.39 Å². The van der Waals surface area contributed by atoms with Gasteiger partial charge in [0.15, 0.2) is 0 Å². The Hall–Kier alpha value is -2.96. The average Bonchev–Trinajstić information content (AvgIpc) is 3.23. The first kappa shape index (κ1) is 24.7. The van der Waals surface area contributed by atoms with Gasteiger partial charge >= 0.3 is 0 Å². The van der Waals surface area contributed by atoms with Crippen LogP contribution in [0, 0.1) is 5.82 Å². The summed E-state index contributed by atoms with van der Waals surface area (Å²) in [5.74, 6) is -0.167. The number of pyridine rings is 1. The molecule has 0 spiro atoms. The quantitative estimate of drug-likeness (QED) is 0.369. The second-order valence-corrected chi connectivity index (χ2v) is 8.25. The molecular formula is C27H36FN5. The third-order valence-corrected chi connectivity index (χ3v) is 6.15. The molecule has 0 aliphatic rings. The van der Waals surface area contributed by atoms with Gasteiger partial charge < -0.3 is 21.2 Å². The summed E-state index contributed by atoms with van der Waals surface area (Å²) in [6, 6.07) is 9.31. The summed E-state index contributed by atoms with van der Waals surface area (Å²) in [4.78, 5) is 4.45. The molecule has 0 saturated heterocycles. The number of nitrogens with zero attached hydrogens (tertiary/aromatic N) is 2. The first-order valence-corrected chi connectivity index (χ1v) is 11.7. The van der Waals surface area contributed by atoms with Crippen LogP contribution in [0.1, 0.15) is 44.4 Å².